The summed E-state index contributed by atoms with van der Waals surface area (Å²) in [6.07, 6.45) is 1.05. The molecule has 0 aliphatic carbocycles. The third kappa shape index (κ3) is 2.95. The molecule has 0 spiro atoms. The molecular formula is C15H22. The van der Waals surface area contributed by atoms with Gasteiger partial charge >= 0.3 is 0 Å². The highest BCUT2D eigenvalue weighted by Gasteiger charge is 2.22. The van der Waals surface area contributed by atoms with Gasteiger partial charge in [0.15, 0.2) is 0 Å². The number of allylic oxidation sites excluding steroid dienone is 1. The van der Waals surface area contributed by atoms with Crippen molar-refractivity contribution in [1.29, 1.82) is 0 Å². The van der Waals surface area contributed by atoms with Crippen LogP contribution < -0.4 is 0 Å². The van der Waals surface area contributed by atoms with Crippen molar-refractivity contribution in [2.45, 2.75) is 46.5 Å². The largest absolute Gasteiger partial charge is 0.100 e. The standard InChI is InChI=1S/C15H22/c1-11(2)10-15(5,6)14-9-12(3)7-8-13(14)4/h7-9H,1,10H2,2-6H3. The van der Waals surface area contributed by atoms with Crippen LogP contribution in [0.1, 0.15) is 43.9 Å². The number of rotatable bonds is 3. The summed E-state index contributed by atoms with van der Waals surface area (Å²) < 4.78 is 0. The molecule has 0 fully saturated rings. The first-order chi connectivity index (χ1) is 6.83. The predicted molar refractivity (Wildman–Crippen MR) is 68.4 cm³/mol. The summed E-state index contributed by atoms with van der Waals surface area (Å²) in [5.41, 5.74) is 5.62. The highest BCUT2D eigenvalue weighted by molar-refractivity contribution is 5.36. The topological polar surface area (TPSA) is 0 Å². The minimum atomic E-state index is 0.196. The third-order valence-corrected chi connectivity index (χ3v) is 2.87. The molecule has 0 aliphatic heterocycles. The van der Waals surface area contributed by atoms with E-state index in [1.807, 2.05) is 0 Å². The van der Waals surface area contributed by atoms with E-state index in [1.165, 1.54) is 22.3 Å². The minimum Gasteiger partial charge on any atom is -0.100 e. The fraction of sp³-hybridized carbons (Fsp3) is 0.467. The van der Waals surface area contributed by atoms with E-state index in [0.717, 1.165) is 6.42 Å². The van der Waals surface area contributed by atoms with Gasteiger partial charge in [0.2, 0.25) is 0 Å². The van der Waals surface area contributed by atoms with Crippen LogP contribution in [0.3, 0.4) is 0 Å². The number of hydrogen-bond donors (Lipinski definition) is 0. The van der Waals surface area contributed by atoms with Crippen molar-refractivity contribution in [3.05, 3.63) is 47.0 Å². The maximum atomic E-state index is 4.02. The summed E-state index contributed by atoms with van der Waals surface area (Å²) >= 11 is 0. The molecule has 0 nitrogen and oxygen atoms in total. The average molecular weight is 202 g/mol. The summed E-state index contributed by atoms with van der Waals surface area (Å²) in [7, 11) is 0. The van der Waals surface area contributed by atoms with Gasteiger partial charge in [-0.2, -0.15) is 0 Å². The molecular weight excluding hydrogens is 180 g/mol. The molecule has 0 saturated carbocycles. The molecule has 0 aromatic heterocycles. The zero-order valence-electron chi connectivity index (χ0n) is 10.6. The highest BCUT2D eigenvalue weighted by Crippen LogP contribution is 2.32. The molecule has 0 atom stereocenters. The zero-order valence-corrected chi connectivity index (χ0v) is 10.6. The molecule has 15 heavy (non-hydrogen) atoms. The monoisotopic (exact) mass is 202 g/mol. The van der Waals surface area contributed by atoms with Crippen LogP contribution in [0.25, 0.3) is 0 Å². The molecule has 1 aromatic carbocycles. The summed E-state index contributed by atoms with van der Waals surface area (Å²) in [6, 6.07) is 6.69. The molecule has 0 radical (unpaired) electrons. The second kappa shape index (κ2) is 4.22. The van der Waals surface area contributed by atoms with Crippen LogP contribution in [0.5, 0.6) is 0 Å². The molecule has 0 saturated heterocycles. The van der Waals surface area contributed by atoms with E-state index in [0.29, 0.717) is 0 Å². The van der Waals surface area contributed by atoms with Crippen molar-refractivity contribution in [2.24, 2.45) is 0 Å². The lowest BCUT2D eigenvalue weighted by Crippen LogP contribution is -2.19. The maximum Gasteiger partial charge on any atom is -0.00639 e. The van der Waals surface area contributed by atoms with Gasteiger partial charge in [-0.15, -0.1) is 6.58 Å². The first-order valence-corrected chi connectivity index (χ1v) is 5.55. The van der Waals surface area contributed by atoms with E-state index in [4.69, 9.17) is 0 Å². The van der Waals surface area contributed by atoms with Crippen molar-refractivity contribution >= 4 is 0 Å². The minimum absolute atomic E-state index is 0.196. The van der Waals surface area contributed by atoms with Crippen LogP contribution in [0.4, 0.5) is 0 Å². The molecule has 0 heteroatoms. The fourth-order valence-corrected chi connectivity index (χ4v) is 2.31. The summed E-state index contributed by atoms with van der Waals surface area (Å²) in [4.78, 5) is 0. The van der Waals surface area contributed by atoms with Gasteiger partial charge in [0.05, 0.1) is 0 Å². The predicted octanol–water partition coefficient (Wildman–Crippen LogP) is 4.55. The van der Waals surface area contributed by atoms with Gasteiger partial charge in [-0.05, 0) is 43.7 Å². The van der Waals surface area contributed by atoms with Crippen molar-refractivity contribution in [3.8, 4) is 0 Å². The molecule has 1 aromatic rings. The molecule has 1 rings (SSSR count). The Morgan fingerprint density at radius 2 is 1.87 bits per heavy atom. The van der Waals surface area contributed by atoms with Crippen LogP contribution in [0, 0.1) is 13.8 Å². The van der Waals surface area contributed by atoms with E-state index >= 15 is 0 Å². The normalized spacial score (nSPS) is 11.5. The Bertz CT molecular complexity index is 370. The number of aryl methyl sites for hydroxylation is 2. The number of benzene rings is 1. The first kappa shape index (κ1) is 12.0. The fourth-order valence-electron chi connectivity index (χ4n) is 2.31. The van der Waals surface area contributed by atoms with Gasteiger partial charge in [0.1, 0.15) is 0 Å². The first-order valence-electron chi connectivity index (χ1n) is 5.55. The molecule has 0 bridgehead atoms. The van der Waals surface area contributed by atoms with Crippen LogP contribution >= 0.6 is 0 Å². The smallest absolute Gasteiger partial charge is 0.00639 e. The lowest BCUT2D eigenvalue weighted by molar-refractivity contribution is 0.517. The van der Waals surface area contributed by atoms with Gasteiger partial charge in [-0.1, -0.05) is 43.2 Å². The second-order valence-corrected chi connectivity index (χ2v) is 5.34. The van der Waals surface area contributed by atoms with E-state index < -0.39 is 0 Å². The van der Waals surface area contributed by atoms with Crippen molar-refractivity contribution in [2.75, 3.05) is 0 Å². The molecule has 0 amide bonds. The molecule has 0 unspecified atom stereocenters. The second-order valence-electron chi connectivity index (χ2n) is 5.34. The highest BCUT2D eigenvalue weighted by atomic mass is 14.3. The van der Waals surface area contributed by atoms with Crippen LogP contribution in [-0.4, -0.2) is 0 Å². The van der Waals surface area contributed by atoms with Crippen molar-refractivity contribution in [3.63, 3.8) is 0 Å². The van der Waals surface area contributed by atoms with Gasteiger partial charge < -0.3 is 0 Å². The molecule has 0 heterocycles. The molecule has 0 aliphatic rings. The number of hydrogen-bond acceptors (Lipinski definition) is 0. The Balaban J connectivity index is 3.13. The Hall–Kier alpha value is -1.04. The van der Waals surface area contributed by atoms with Crippen molar-refractivity contribution in [1.82, 2.24) is 0 Å². The van der Waals surface area contributed by atoms with E-state index in [-0.39, 0.29) is 5.41 Å². The Kier molecular flexibility index (Phi) is 3.38. The van der Waals surface area contributed by atoms with Crippen LogP contribution in [0.2, 0.25) is 0 Å². The van der Waals surface area contributed by atoms with Gasteiger partial charge in [-0.25, -0.2) is 0 Å². The SMILES string of the molecule is C=C(C)CC(C)(C)c1cc(C)ccc1C. The Morgan fingerprint density at radius 1 is 1.27 bits per heavy atom. The van der Waals surface area contributed by atoms with Gasteiger partial charge in [0, 0.05) is 0 Å². The lowest BCUT2D eigenvalue weighted by Gasteiger charge is -2.27. The average Bonchev–Trinajstić information content (AvgIpc) is 2.06. The summed E-state index contributed by atoms with van der Waals surface area (Å²) in [6.45, 7) is 15.1. The van der Waals surface area contributed by atoms with Crippen molar-refractivity contribution < 1.29 is 0 Å². The molecule has 0 N–H and O–H groups in total. The van der Waals surface area contributed by atoms with Gasteiger partial charge in [-0.3, -0.25) is 0 Å². The van der Waals surface area contributed by atoms with E-state index in [1.54, 1.807) is 0 Å². The van der Waals surface area contributed by atoms with Crippen LogP contribution in [-0.2, 0) is 5.41 Å². The quantitative estimate of drug-likeness (QED) is 0.631. The summed E-state index contributed by atoms with van der Waals surface area (Å²) in [5.74, 6) is 0. The maximum absolute atomic E-state index is 4.02. The third-order valence-electron chi connectivity index (χ3n) is 2.87. The summed E-state index contributed by atoms with van der Waals surface area (Å²) in [5, 5.41) is 0. The van der Waals surface area contributed by atoms with E-state index in [9.17, 15) is 0 Å². The molecule has 82 valence electrons. The van der Waals surface area contributed by atoms with E-state index in [2.05, 4.69) is 59.4 Å². The lowest BCUT2D eigenvalue weighted by atomic mass is 9.77. The van der Waals surface area contributed by atoms with Gasteiger partial charge in [0.25, 0.3) is 0 Å². The Labute approximate surface area is 94.0 Å². The zero-order chi connectivity index (χ0) is 11.6. The Morgan fingerprint density at radius 3 is 2.40 bits per heavy atom. The van der Waals surface area contributed by atoms with Crippen LogP contribution in [0.15, 0.2) is 30.4 Å².